The molecule has 0 saturated carbocycles. The summed E-state index contributed by atoms with van der Waals surface area (Å²) in [6.07, 6.45) is 11.2. The van der Waals surface area contributed by atoms with Crippen LogP contribution in [0.1, 0.15) is 58.8 Å². The molecule has 0 amide bonds. The number of nitrogens with one attached hydrogen (secondary N) is 1. The van der Waals surface area contributed by atoms with Crippen LogP contribution in [-0.2, 0) is 4.74 Å². The van der Waals surface area contributed by atoms with Crippen LogP contribution in [0.5, 0.6) is 0 Å². The van der Waals surface area contributed by atoms with Gasteiger partial charge >= 0.3 is 0 Å². The minimum atomic E-state index is 0.460. The molecule has 0 bridgehead atoms. The molecule has 1 N–H and O–H groups in total. The molecule has 2 heteroatoms. The maximum Gasteiger partial charge on any atom is 0.109 e. The second-order valence-electron chi connectivity index (χ2n) is 4.56. The van der Waals surface area contributed by atoms with Gasteiger partial charge in [0, 0.05) is 0 Å². The molecule has 0 aromatic carbocycles. The molecule has 0 aliphatic carbocycles. The second-order valence-corrected chi connectivity index (χ2v) is 4.56. The minimum absolute atomic E-state index is 0.460. The minimum Gasteiger partial charge on any atom is -0.497 e. The van der Waals surface area contributed by atoms with Gasteiger partial charge < -0.3 is 10.1 Å². The number of hydrogen-bond donors (Lipinski definition) is 1. The lowest BCUT2D eigenvalue weighted by molar-refractivity contribution is 0.164. The van der Waals surface area contributed by atoms with Crippen LogP contribution in [0.4, 0.5) is 0 Å². The molecule has 2 nitrogen and oxygen atoms in total. The number of hydrogen-bond acceptors (Lipinski definition) is 2. The van der Waals surface area contributed by atoms with Crippen molar-refractivity contribution in [2.75, 3.05) is 13.2 Å². The summed E-state index contributed by atoms with van der Waals surface area (Å²) in [5.74, 6) is 1.20. The van der Waals surface area contributed by atoms with Crippen LogP contribution in [0.25, 0.3) is 0 Å². The summed E-state index contributed by atoms with van der Waals surface area (Å²) < 4.78 is 5.75. The molecule has 1 rings (SSSR count). The average Bonchev–Trinajstić information content (AvgIpc) is 2.34. The third kappa shape index (κ3) is 5.02. The third-order valence-electron chi connectivity index (χ3n) is 3.10. The summed E-state index contributed by atoms with van der Waals surface area (Å²) in [4.78, 5) is 0. The fraction of sp³-hybridized carbons (Fsp3) is 0.857. The maximum atomic E-state index is 5.75. The molecule has 0 radical (unpaired) electrons. The van der Waals surface area contributed by atoms with E-state index in [1.54, 1.807) is 0 Å². The summed E-state index contributed by atoms with van der Waals surface area (Å²) in [6, 6.07) is 0.460. The van der Waals surface area contributed by atoms with E-state index in [1.807, 2.05) is 0 Å². The first-order valence-corrected chi connectivity index (χ1v) is 6.94. The van der Waals surface area contributed by atoms with Gasteiger partial charge in [0.05, 0.1) is 12.6 Å². The zero-order valence-electron chi connectivity index (χ0n) is 10.9. The van der Waals surface area contributed by atoms with Crippen molar-refractivity contribution in [2.45, 2.75) is 64.8 Å². The van der Waals surface area contributed by atoms with Crippen LogP contribution in [-0.4, -0.2) is 19.2 Å². The molecule has 0 spiro atoms. The van der Waals surface area contributed by atoms with Gasteiger partial charge in [-0.2, -0.15) is 0 Å². The van der Waals surface area contributed by atoms with E-state index in [2.05, 4.69) is 25.2 Å². The average molecular weight is 225 g/mol. The van der Waals surface area contributed by atoms with Crippen LogP contribution < -0.4 is 5.32 Å². The third-order valence-corrected chi connectivity index (χ3v) is 3.10. The lowest BCUT2D eigenvalue weighted by Gasteiger charge is -2.24. The Labute approximate surface area is 100 Å². The van der Waals surface area contributed by atoms with Crippen LogP contribution in [0, 0.1) is 0 Å². The Kier molecular flexibility index (Phi) is 7.32. The second kappa shape index (κ2) is 8.63. The summed E-state index contributed by atoms with van der Waals surface area (Å²) in [7, 11) is 0. The van der Waals surface area contributed by atoms with E-state index in [4.69, 9.17) is 4.74 Å². The highest BCUT2D eigenvalue weighted by atomic mass is 16.5. The Morgan fingerprint density at radius 2 is 2.19 bits per heavy atom. The Hall–Kier alpha value is -0.500. The van der Waals surface area contributed by atoms with E-state index in [0.717, 1.165) is 13.2 Å². The predicted octanol–water partition coefficient (Wildman–Crippen LogP) is 3.63. The quantitative estimate of drug-likeness (QED) is 0.637. The topological polar surface area (TPSA) is 21.3 Å². The molecule has 0 aromatic heterocycles. The lowest BCUT2D eigenvalue weighted by Crippen LogP contribution is -2.32. The SMILES string of the molecule is CCCCCCC(NCC)C1=CCCCO1. The molecule has 1 heterocycles. The van der Waals surface area contributed by atoms with Crippen LogP contribution in [0.2, 0.25) is 0 Å². The van der Waals surface area contributed by atoms with Crippen molar-refractivity contribution >= 4 is 0 Å². The van der Waals surface area contributed by atoms with Crippen molar-refractivity contribution in [3.05, 3.63) is 11.8 Å². The van der Waals surface area contributed by atoms with E-state index in [-0.39, 0.29) is 0 Å². The van der Waals surface area contributed by atoms with Crippen molar-refractivity contribution in [1.82, 2.24) is 5.32 Å². The first-order valence-electron chi connectivity index (χ1n) is 6.94. The molecule has 1 aliphatic heterocycles. The number of unbranched alkanes of at least 4 members (excludes halogenated alkanes) is 3. The molecular formula is C14H27NO. The summed E-state index contributed by atoms with van der Waals surface area (Å²) in [5.41, 5.74) is 0. The normalized spacial score (nSPS) is 17.8. The highest BCUT2D eigenvalue weighted by Crippen LogP contribution is 2.18. The first kappa shape index (κ1) is 13.6. The number of allylic oxidation sites excluding steroid dienone is 1. The highest BCUT2D eigenvalue weighted by Gasteiger charge is 2.16. The van der Waals surface area contributed by atoms with Crippen molar-refractivity contribution in [3.8, 4) is 0 Å². The zero-order valence-corrected chi connectivity index (χ0v) is 10.9. The number of likely N-dealkylation sites (N-methyl/N-ethyl adjacent to an activating group) is 1. The van der Waals surface area contributed by atoms with E-state index in [1.165, 1.54) is 50.7 Å². The van der Waals surface area contributed by atoms with Gasteiger partial charge in [0.2, 0.25) is 0 Å². The monoisotopic (exact) mass is 225 g/mol. The number of rotatable bonds is 8. The molecule has 0 fully saturated rings. The van der Waals surface area contributed by atoms with Crippen molar-refractivity contribution < 1.29 is 4.74 Å². The van der Waals surface area contributed by atoms with Crippen LogP contribution >= 0.6 is 0 Å². The zero-order chi connectivity index (χ0) is 11.6. The molecular weight excluding hydrogens is 198 g/mol. The van der Waals surface area contributed by atoms with Gasteiger partial charge in [-0.25, -0.2) is 0 Å². The van der Waals surface area contributed by atoms with Crippen molar-refractivity contribution in [3.63, 3.8) is 0 Å². The lowest BCUT2D eigenvalue weighted by atomic mass is 10.0. The Bertz CT molecular complexity index is 201. The van der Waals surface area contributed by atoms with Gasteiger partial charge in [0.25, 0.3) is 0 Å². The van der Waals surface area contributed by atoms with E-state index in [0.29, 0.717) is 6.04 Å². The van der Waals surface area contributed by atoms with Gasteiger partial charge in [-0.15, -0.1) is 0 Å². The summed E-state index contributed by atoms with van der Waals surface area (Å²) in [5, 5.41) is 3.54. The van der Waals surface area contributed by atoms with E-state index < -0.39 is 0 Å². The van der Waals surface area contributed by atoms with Gasteiger partial charge in [-0.05, 0) is 31.9 Å². The van der Waals surface area contributed by atoms with Gasteiger partial charge in [-0.1, -0.05) is 39.5 Å². The molecule has 1 aliphatic rings. The largest absolute Gasteiger partial charge is 0.497 e. The van der Waals surface area contributed by atoms with E-state index >= 15 is 0 Å². The van der Waals surface area contributed by atoms with Gasteiger partial charge in [0.15, 0.2) is 0 Å². The van der Waals surface area contributed by atoms with Gasteiger partial charge in [-0.3, -0.25) is 0 Å². The van der Waals surface area contributed by atoms with Gasteiger partial charge in [0.1, 0.15) is 5.76 Å². The molecule has 0 saturated heterocycles. The van der Waals surface area contributed by atoms with Crippen molar-refractivity contribution in [2.24, 2.45) is 0 Å². The molecule has 0 aromatic rings. The predicted molar refractivity (Wildman–Crippen MR) is 69.5 cm³/mol. The standard InChI is InChI=1S/C14H27NO/c1-3-5-6-7-10-13(15-4-2)14-11-8-9-12-16-14/h11,13,15H,3-10,12H2,1-2H3. The summed E-state index contributed by atoms with van der Waals surface area (Å²) >= 11 is 0. The molecule has 1 atom stereocenters. The molecule has 1 unspecified atom stereocenters. The Morgan fingerprint density at radius 1 is 1.31 bits per heavy atom. The fourth-order valence-corrected chi connectivity index (χ4v) is 2.19. The Morgan fingerprint density at radius 3 is 2.81 bits per heavy atom. The molecule has 16 heavy (non-hydrogen) atoms. The molecule has 94 valence electrons. The number of ether oxygens (including phenoxy) is 1. The fourth-order valence-electron chi connectivity index (χ4n) is 2.19. The van der Waals surface area contributed by atoms with Crippen molar-refractivity contribution in [1.29, 1.82) is 0 Å². The Balaban J connectivity index is 2.31. The highest BCUT2D eigenvalue weighted by molar-refractivity contribution is 5.05. The van der Waals surface area contributed by atoms with Crippen LogP contribution in [0.3, 0.4) is 0 Å². The van der Waals surface area contributed by atoms with Crippen LogP contribution in [0.15, 0.2) is 11.8 Å². The smallest absolute Gasteiger partial charge is 0.109 e. The first-order chi connectivity index (χ1) is 7.88. The maximum absolute atomic E-state index is 5.75. The summed E-state index contributed by atoms with van der Waals surface area (Å²) in [6.45, 7) is 6.36. The van der Waals surface area contributed by atoms with E-state index in [9.17, 15) is 0 Å².